The third kappa shape index (κ3) is 2.21. The van der Waals surface area contributed by atoms with Crippen LogP contribution >= 0.6 is 27.3 Å². The zero-order valence-electron chi connectivity index (χ0n) is 9.29. The number of fused-ring (bicyclic) bond motifs is 1. The molecular weight excluding hydrogens is 284 g/mol. The van der Waals surface area contributed by atoms with E-state index in [1.165, 1.54) is 41.7 Å². The molecule has 0 amide bonds. The molecule has 4 heteroatoms. The Morgan fingerprint density at radius 2 is 2.38 bits per heavy atom. The molecule has 2 atom stereocenters. The quantitative estimate of drug-likeness (QED) is 0.923. The Labute approximate surface area is 109 Å². The Hall–Kier alpha value is 0.1000. The largest absolute Gasteiger partial charge is 0.307 e. The van der Waals surface area contributed by atoms with Crippen molar-refractivity contribution < 1.29 is 0 Å². The monoisotopic (exact) mass is 300 g/mol. The summed E-state index contributed by atoms with van der Waals surface area (Å²) in [6.45, 7) is 3.66. The van der Waals surface area contributed by atoms with Crippen LogP contribution in [0.25, 0.3) is 0 Å². The highest BCUT2D eigenvalue weighted by Gasteiger charge is 2.36. The number of thiophene rings is 1. The number of halogens is 1. The van der Waals surface area contributed by atoms with Crippen molar-refractivity contribution in [3.05, 3.63) is 20.8 Å². The van der Waals surface area contributed by atoms with Crippen molar-refractivity contribution in [2.24, 2.45) is 0 Å². The molecule has 2 fully saturated rings. The van der Waals surface area contributed by atoms with E-state index < -0.39 is 0 Å². The molecule has 2 nitrogen and oxygen atoms in total. The van der Waals surface area contributed by atoms with Gasteiger partial charge in [-0.05, 0) is 47.8 Å². The van der Waals surface area contributed by atoms with Gasteiger partial charge in [-0.2, -0.15) is 0 Å². The van der Waals surface area contributed by atoms with Crippen LogP contribution in [0.1, 0.15) is 24.1 Å². The summed E-state index contributed by atoms with van der Waals surface area (Å²) in [5.74, 6) is 0. The van der Waals surface area contributed by atoms with Gasteiger partial charge in [0.05, 0.1) is 0 Å². The predicted molar refractivity (Wildman–Crippen MR) is 71.9 cm³/mol. The van der Waals surface area contributed by atoms with E-state index in [9.17, 15) is 0 Å². The fraction of sp³-hybridized carbons (Fsp3) is 0.667. The summed E-state index contributed by atoms with van der Waals surface area (Å²) in [6, 6.07) is 3.77. The van der Waals surface area contributed by atoms with Crippen LogP contribution in [-0.2, 0) is 6.54 Å². The standard InChI is InChI=1S/C12H17BrN2S/c13-9-6-10(16-8-9)7-14-11-3-5-15-4-1-2-12(11)15/h6,8,11-12,14H,1-5,7H2. The van der Waals surface area contributed by atoms with Gasteiger partial charge in [-0.25, -0.2) is 0 Å². The fourth-order valence-electron chi connectivity index (χ4n) is 3.00. The highest BCUT2D eigenvalue weighted by atomic mass is 79.9. The molecule has 1 aromatic rings. The van der Waals surface area contributed by atoms with Gasteiger partial charge in [0.1, 0.15) is 0 Å². The molecule has 0 bridgehead atoms. The number of nitrogens with one attached hydrogen (secondary N) is 1. The highest BCUT2D eigenvalue weighted by Crippen LogP contribution is 2.28. The van der Waals surface area contributed by atoms with Crippen LogP contribution in [0, 0.1) is 0 Å². The third-order valence-corrected chi connectivity index (χ3v) is 5.46. The van der Waals surface area contributed by atoms with E-state index in [2.05, 4.69) is 37.6 Å². The summed E-state index contributed by atoms with van der Waals surface area (Å²) in [5, 5.41) is 5.89. The lowest BCUT2D eigenvalue weighted by Gasteiger charge is -2.20. The van der Waals surface area contributed by atoms with Crippen molar-refractivity contribution in [3.63, 3.8) is 0 Å². The van der Waals surface area contributed by atoms with Crippen LogP contribution in [0.3, 0.4) is 0 Å². The first-order valence-corrected chi connectivity index (χ1v) is 7.70. The summed E-state index contributed by atoms with van der Waals surface area (Å²) >= 11 is 5.34. The Morgan fingerprint density at radius 3 is 3.19 bits per heavy atom. The van der Waals surface area contributed by atoms with E-state index in [0.29, 0.717) is 0 Å². The van der Waals surface area contributed by atoms with Crippen LogP contribution in [0.2, 0.25) is 0 Å². The smallest absolute Gasteiger partial charge is 0.0303 e. The molecule has 0 radical (unpaired) electrons. The van der Waals surface area contributed by atoms with E-state index in [-0.39, 0.29) is 0 Å². The van der Waals surface area contributed by atoms with Crippen LogP contribution in [0.15, 0.2) is 15.9 Å². The van der Waals surface area contributed by atoms with Gasteiger partial charge in [0.2, 0.25) is 0 Å². The molecule has 2 unspecified atom stereocenters. The summed E-state index contributed by atoms with van der Waals surface area (Å²) < 4.78 is 1.21. The summed E-state index contributed by atoms with van der Waals surface area (Å²) in [6.07, 6.45) is 4.12. The van der Waals surface area contributed by atoms with Gasteiger partial charge in [-0.3, -0.25) is 4.90 Å². The van der Waals surface area contributed by atoms with E-state index in [4.69, 9.17) is 0 Å². The van der Waals surface area contributed by atoms with Crippen LogP contribution < -0.4 is 5.32 Å². The van der Waals surface area contributed by atoms with E-state index >= 15 is 0 Å². The Bertz CT molecular complexity index is 366. The van der Waals surface area contributed by atoms with Gasteiger partial charge in [0.15, 0.2) is 0 Å². The predicted octanol–water partition coefficient (Wildman–Crippen LogP) is 2.84. The molecule has 2 saturated heterocycles. The molecule has 2 aliphatic rings. The van der Waals surface area contributed by atoms with Crippen LogP contribution in [0.4, 0.5) is 0 Å². The lowest BCUT2D eigenvalue weighted by atomic mass is 10.1. The molecular formula is C12H17BrN2S. The maximum atomic E-state index is 3.73. The second kappa shape index (κ2) is 4.77. The van der Waals surface area contributed by atoms with Gasteiger partial charge in [0.25, 0.3) is 0 Å². The SMILES string of the molecule is Brc1csc(CNC2CCN3CCCC23)c1. The molecule has 0 saturated carbocycles. The van der Waals surface area contributed by atoms with Gasteiger partial charge in [-0.15, -0.1) is 11.3 Å². The Kier molecular flexibility index (Phi) is 3.34. The summed E-state index contributed by atoms with van der Waals surface area (Å²) in [5.41, 5.74) is 0. The Balaban J connectivity index is 1.55. The topological polar surface area (TPSA) is 15.3 Å². The highest BCUT2D eigenvalue weighted by molar-refractivity contribution is 9.10. The molecule has 0 aromatic carbocycles. The first kappa shape index (κ1) is 11.2. The molecule has 0 spiro atoms. The first-order chi connectivity index (χ1) is 7.83. The number of hydrogen-bond donors (Lipinski definition) is 1. The lowest BCUT2D eigenvalue weighted by molar-refractivity contribution is 0.299. The van der Waals surface area contributed by atoms with E-state index in [1.54, 1.807) is 0 Å². The second-order valence-corrected chi connectivity index (χ2v) is 6.66. The van der Waals surface area contributed by atoms with Crippen LogP contribution in [0.5, 0.6) is 0 Å². The normalized spacial score (nSPS) is 29.8. The number of rotatable bonds is 3. The zero-order chi connectivity index (χ0) is 11.0. The lowest BCUT2D eigenvalue weighted by Crippen LogP contribution is -2.38. The molecule has 1 aromatic heterocycles. The van der Waals surface area contributed by atoms with E-state index in [0.717, 1.165) is 18.6 Å². The minimum absolute atomic E-state index is 0.725. The van der Waals surface area contributed by atoms with Gasteiger partial charge in [0, 0.05) is 39.9 Å². The minimum Gasteiger partial charge on any atom is -0.307 e. The van der Waals surface area contributed by atoms with Crippen molar-refractivity contribution in [1.29, 1.82) is 0 Å². The molecule has 88 valence electrons. The molecule has 1 N–H and O–H groups in total. The second-order valence-electron chi connectivity index (χ2n) is 4.75. The summed E-state index contributed by atoms with van der Waals surface area (Å²) in [4.78, 5) is 4.09. The maximum absolute atomic E-state index is 3.73. The average Bonchev–Trinajstić information content (AvgIpc) is 2.91. The molecule has 3 heterocycles. The number of hydrogen-bond acceptors (Lipinski definition) is 3. The van der Waals surface area contributed by atoms with Crippen molar-refractivity contribution in [2.45, 2.75) is 37.9 Å². The summed E-state index contributed by atoms with van der Waals surface area (Å²) in [7, 11) is 0. The van der Waals surface area contributed by atoms with Gasteiger partial charge >= 0.3 is 0 Å². The number of nitrogens with zero attached hydrogens (tertiary/aromatic N) is 1. The molecule has 16 heavy (non-hydrogen) atoms. The molecule has 3 rings (SSSR count). The minimum atomic E-state index is 0.725. The zero-order valence-corrected chi connectivity index (χ0v) is 11.7. The average molecular weight is 301 g/mol. The maximum Gasteiger partial charge on any atom is 0.0303 e. The molecule has 0 aliphatic carbocycles. The van der Waals surface area contributed by atoms with Gasteiger partial charge in [-0.1, -0.05) is 0 Å². The van der Waals surface area contributed by atoms with Crippen molar-refractivity contribution >= 4 is 27.3 Å². The third-order valence-electron chi connectivity index (χ3n) is 3.77. The van der Waals surface area contributed by atoms with Crippen molar-refractivity contribution in [1.82, 2.24) is 10.2 Å². The van der Waals surface area contributed by atoms with E-state index in [1.807, 2.05) is 11.3 Å². The fourth-order valence-corrected chi connectivity index (χ4v) is 4.40. The van der Waals surface area contributed by atoms with Gasteiger partial charge < -0.3 is 5.32 Å². The first-order valence-electron chi connectivity index (χ1n) is 6.03. The van der Waals surface area contributed by atoms with Crippen molar-refractivity contribution in [2.75, 3.05) is 13.1 Å². The Morgan fingerprint density at radius 1 is 1.44 bits per heavy atom. The van der Waals surface area contributed by atoms with Crippen LogP contribution in [-0.4, -0.2) is 30.1 Å². The molecule has 2 aliphatic heterocycles. The van der Waals surface area contributed by atoms with Crippen molar-refractivity contribution in [3.8, 4) is 0 Å².